The first-order chi connectivity index (χ1) is 19.4. The number of fused-ring (bicyclic) bond motifs is 1. The van der Waals surface area contributed by atoms with Gasteiger partial charge >= 0.3 is 0 Å². The molecule has 11 heteroatoms. The largest absolute Gasteiger partial charge is 0.340 e. The minimum absolute atomic E-state index is 0.0916. The number of aliphatic hydroxyl groups is 1. The molecule has 4 aromatic heterocycles. The van der Waals surface area contributed by atoms with Crippen LogP contribution >= 0.6 is 11.3 Å². The maximum absolute atomic E-state index is 16.0. The van der Waals surface area contributed by atoms with Crippen LogP contribution in [0.25, 0.3) is 22.7 Å². The number of carbonyl (C=O) groups is 1. The highest BCUT2D eigenvalue weighted by atomic mass is 32.1. The molecule has 0 bridgehead atoms. The number of nitrogens with zero attached hydrogens (tertiary/aromatic N) is 7. The number of piperidine rings is 2. The summed E-state index contributed by atoms with van der Waals surface area (Å²) in [5.41, 5.74) is 1.68. The van der Waals surface area contributed by atoms with E-state index in [1.807, 2.05) is 41.8 Å². The Morgan fingerprint density at radius 2 is 1.90 bits per heavy atom. The molecule has 0 spiro atoms. The average molecular weight is 563 g/mol. The van der Waals surface area contributed by atoms with Crippen LogP contribution in [0.3, 0.4) is 0 Å². The van der Waals surface area contributed by atoms with Crippen molar-refractivity contribution in [2.45, 2.75) is 43.9 Å². The van der Waals surface area contributed by atoms with Crippen LogP contribution in [0.15, 0.2) is 54.2 Å². The smallest absolute Gasteiger partial charge is 0.263 e. The molecule has 6 rings (SSSR count). The molecule has 1 N–H and O–H groups in total. The zero-order valence-electron chi connectivity index (χ0n) is 22.3. The van der Waals surface area contributed by atoms with Crippen LogP contribution in [0.1, 0.15) is 37.3 Å². The standard InChI is InChI=1S/C29H33FN7O2S/c1-34(20-38)25-17-21(19-40-25)18-35-15-9-29(30,10-16-35)28(39)36-13-7-22(8-14-36)37-26-24(6-4-12-32-26)33-27(37)23-5-2-3-11-31-23/h2-6,11-12,17,19,22,38H,1,7-10,13-16,18,20H2/q+1. The van der Waals surface area contributed by atoms with Gasteiger partial charge < -0.3 is 14.6 Å². The van der Waals surface area contributed by atoms with Gasteiger partial charge in [0.05, 0.1) is 0 Å². The van der Waals surface area contributed by atoms with E-state index in [0.29, 0.717) is 45.6 Å². The zero-order valence-corrected chi connectivity index (χ0v) is 23.1. The molecule has 0 saturated carbocycles. The van der Waals surface area contributed by atoms with Crippen molar-refractivity contribution in [3.05, 3.63) is 59.7 Å². The molecule has 0 atom stereocenters. The van der Waals surface area contributed by atoms with Gasteiger partial charge in [-0.1, -0.05) is 17.4 Å². The van der Waals surface area contributed by atoms with Crippen LogP contribution in [0.5, 0.6) is 0 Å². The molecule has 2 fully saturated rings. The van der Waals surface area contributed by atoms with Gasteiger partial charge in [0.2, 0.25) is 0 Å². The molecule has 0 unspecified atom stereocenters. The Kier molecular flexibility index (Phi) is 7.43. The minimum atomic E-state index is -1.83. The molecule has 2 aliphatic rings. The number of halogens is 1. The summed E-state index contributed by atoms with van der Waals surface area (Å²) in [6, 6.07) is 11.7. The summed E-state index contributed by atoms with van der Waals surface area (Å²) in [6.07, 6.45) is 5.32. The summed E-state index contributed by atoms with van der Waals surface area (Å²) in [4.78, 5) is 31.2. The number of imidazole rings is 1. The second-order valence-electron chi connectivity index (χ2n) is 10.6. The van der Waals surface area contributed by atoms with Gasteiger partial charge in [-0.2, -0.15) is 4.58 Å². The van der Waals surface area contributed by atoms with E-state index in [2.05, 4.69) is 26.2 Å². The lowest BCUT2D eigenvalue weighted by atomic mass is 9.90. The third-order valence-electron chi connectivity index (χ3n) is 8.02. The molecule has 6 heterocycles. The molecule has 40 heavy (non-hydrogen) atoms. The third-order valence-corrected chi connectivity index (χ3v) is 9.06. The fourth-order valence-corrected chi connectivity index (χ4v) is 6.62. The minimum Gasteiger partial charge on any atom is -0.340 e. The highest BCUT2D eigenvalue weighted by Crippen LogP contribution is 2.35. The average Bonchev–Trinajstić information content (AvgIpc) is 3.63. The van der Waals surface area contributed by atoms with Gasteiger partial charge in [-0.15, -0.1) is 0 Å². The van der Waals surface area contributed by atoms with E-state index in [4.69, 9.17) is 4.98 Å². The van der Waals surface area contributed by atoms with Crippen molar-refractivity contribution in [1.82, 2.24) is 29.3 Å². The molecular formula is C29H33FN7O2S+. The van der Waals surface area contributed by atoms with E-state index in [1.165, 1.54) is 15.9 Å². The topological polar surface area (TPSA) is 90.4 Å². The molecule has 0 aromatic carbocycles. The van der Waals surface area contributed by atoms with Gasteiger partial charge in [0.15, 0.2) is 17.1 Å². The second kappa shape index (κ2) is 11.1. The molecule has 2 aliphatic heterocycles. The maximum atomic E-state index is 16.0. The van der Waals surface area contributed by atoms with Crippen molar-refractivity contribution >= 4 is 40.1 Å². The van der Waals surface area contributed by atoms with Crippen molar-refractivity contribution in [2.75, 3.05) is 32.9 Å². The Labute approximate surface area is 236 Å². The maximum Gasteiger partial charge on any atom is 0.263 e. The normalized spacial score (nSPS) is 18.3. The van der Waals surface area contributed by atoms with Crippen molar-refractivity contribution in [3.8, 4) is 11.5 Å². The number of hydrogen-bond acceptors (Lipinski definition) is 7. The van der Waals surface area contributed by atoms with Crippen LogP contribution in [-0.4, -0.2) is 90.2 Å². The Morgan fingerprint density at radius 1 is 1.12 bits per heavy atom. The molecule has 0 radical (unpaired) electrons. The quantitative estimate of drug-likeness (QED) is 0.208. The molecule has 1 amide bonds. The fraction of sp³-hybridized carbons (Fsp3) is 0.414. The number of carbonyl (C=O) groups excluding carboxylic acids is 1. The molecule has 9 nitrogen and oxygen atoms in total. The number of likely N-dealkylation sites (tertiary alicyclic amines) is 2. The Balaban J connectivity index is 1.09. The van der Waals surface area contributed by atoms with Crippen molar-refractivity contribution in [1.29, 1.82) is 0 Å². The summed E-state index contributed by atoms with van der Waals surface area (Å²) < 4.78 is 19.7. The van der Waals surface area contributed by atoms with Gasteiger partial charge in [-0.3, -0.25) is 14.7 Å². The summed E-state index contributed by atoms with van der Waals surface area (Å²) in [5, 5.41) is 12.2. The van der Waals surface area contributed by atoms with Gasteiger partial charge in [0, 0.05) is 75.4 Å². The van der Waals surface area contributed by atoms with Crippen LogP contribution in [-0.2, 0) is 11.3 Å². The van der Waals surface area contributed by atoms with Crippen LogP contribution in [0, 0.1) is 0 Å². The van der Waals surface area contributed by atoms with E-state index in [1.54, 1.807) is 17.3 Å². The number of aromatic nitrogens is 4. The van der Waals surface area contributed by atoms with Gasteiger partial charge in [0.1, 0.15) is 17.9 Å². The Morgan fingerprint density at radius 3 is 2.62 bits per heavy atom. The predicted octanol–water partition coefficient (Wildman–Crippen LogP) is 4.02. The fourth-order valence-electron chi connectivity index (χ4n) is 5.78. The van der Waals surface area contributed by atoms with Crippen molar-refractivity contribution in [3.63, 3.8) is 0 Å². The van der Waals surface area contributed by atoms with E-state index in [-0.39, 0.29) is 31.5 Å². The molecule has 2 saturated heterocycles. The predicted molar refractivity (Wildman–Crippen MR) is 152 cm³/mol. The second-order valence-corrected chi connectivity index (χ2v) is 11.5. The van der Waals surface area contributed by atoms with Gasteiger partial charge in [0.25, 0.3) is 17.6 Å². The highest BCUT2D eigenvalue weighted by Gasteiger charge is 2.45. The van der Waals surface area contributed by atoms with Crippen LogP contribution < -0.4 is 0 Å². The number of pyridine rings is 2. The Hall–Kier alpha value is -3.54. The first-order valence-electron chi connectivity index (χ1n) is 13.7. The highest BCUT2D eigenvalue weighted by molar-refractivity contribution is 7.13. The number of alkyl halides is 1. The van der Waals surface area contributed by atoms with E-state index in [0.717, 1.165) is 33.2 Å². The molecule has 0 aliphatic carbocycles. The molecule has 208 valence electrons. The summed E-state index contributed by atoms with van der Waals surface area (Å²) in [5.74, 6) is 0.392. The Bertz CT molecular complexity index is 1510. The summed E-state index contributed by atoms with van der Waals surface area (Å²) in [6.45, 7) is 6.39. The van der Waals surface area contributed by atoms with E-state index < -0.39 is 5.67 Å². The van der Waals surface area contributed by atoms with E-state index >= 15 is 4.39 Å². The zero-order chi connectivity index (χ0) is 27.7. The van der Waals surface area contributed by atoms with Crippen LogP contribution in [0.2, 0.25) is 0 Å². The third kappa shape index (κ3) is 5.16. The summed E-state index contributed by atoms with van der Waals surface area (Å²) >= 11 is 1.52. The summed E-state index contributed by atoms with van der Waals surface area (Å²) in [7, 11) is 0. The lowest BCUT2D eigenvalue weighted by Gasteiger charge is -2.40. The SMILES string of the molecule is C=[N+](CO)c1cc(CN2CCC(F)(C(=O)N3CCC(n4c(-c5ccccn5)nc5cccnc54)CC3)CC2)cs1. The van der Waals surface area contributed by atoms with Crippen molar-refractivity contribution in [2.24, 2.45) is 0 Å². The number of rotatable bonds is 7. The van der Waals surface area contributed by atoms with Crippen molar-refractivity contribution < 1.29 is 18.9 Å². The van der Waals surface area contributed by atoms with Gasteiger partial charge in [-0.05, 0) is 42.7 Å². The van der Waals surface area contributed by atoms with E-state index in [9.17, 15) is 9.90 Å². The first-order valence-corrected chi connectivity index (χ1v) is 14.5. The van der Waals surface area contributed by atoms with Crippen LogP contribution in [0.4, 0.5) is 9.39 Å². The number of amides is 1. The monoisotopic (exact) mass is 562 g/mol. The number of thiophene rings is 1. The lowest BCUT2D eigenvalue weighted by molar-refractivity contribution is -0.472. The van der Waals surface area contributed by atoms with Gasteiger partial charge in [-0.25, -0.2) is 14.4 Å². The number of hydrogen-bond donors (Lipinski definition) is 1. The molecular weight excluding hydrogens is 529 g/mol. The molecule has 4 aromatic rings. The lowest BCUT2D eigenvalue weighted by Crippen LogP contribution is -2.53. The number of aliphatic hydroxyl groups excluding tert-OH is 1. The first kappa shape index (κ1) is 26.7.